The third kappa shape index (κ3) is 4.21. The van der Waals surface area contributed by atoms with Crippen LogP contribution in [0.25, 0.3) is 0 Å². The number of carboxylic acid groups (broad SMARTS) is 1. The Bertz CT molecular complexity index is 1060. The molecule has 0 fully saturated rings. The minimum absolute atomic E-state index is 0.0176. The molecule has 1 aliphatic carbocycles. The van der Waals surface area contributed by atoms with Crippen molar-refractivity contribution < 1.29 is 27.1 Å². The quantitative estimate of drug-likeness (QED) is 0.622. The maximum absolute atomic E-state index is 14.7. The number of carboxylic acids is 1. The fourth-order valence-corrected chi connectivity index (χ4v) is 5.88. The number of allylic oxidation sites excluding steroid dienone is 2. The molecule has 0 radical (unpaired) electrons. The lowest BCUT2D eigenvalue weighted by molar-refractivity contribution is -0.136. The summed E-state index contributed by atoms with van der Waals surface area (Å²) in [5, 5.41) is 9.22. The van der Waals surface area contributed by atoms with E-state index in [0.717, 1.165) is 23.8 Å². The molecule has 1 atom stereocenters. The standard InChI is InChI=1S/C21H19ClF2O4S/c22-15-2-5-17(6-3-15)29(27,28)21(18-13-16(23)4-7-19(18)24)11-9-14(10-12-21)1-8-20(25)26/h2-7,9,13H,1,8,10-12H2,(H,25,26). The minimum atomic E-state index is -4.11. The first-order valence-electron chi connectivity index (χ1n) is 9.01. The summed E-state index contributed by atoms with van der Waals surface area (Å²) < 4.78 is 54.2. The zero-order valence-electron chi connectivity index (χ0n) is 15.4. The first kappa shape index (κ1) is 21.5. The van der Waals surface area contributed by atoms with Crippen LogP contribution in [0.2, 0.25) is 5.02 Å². The van der Waals surface area contributed by atoms with Crippen molar-refractivity contribution in [3.8, 4) is 0 Å². The van der Waals surface area contributed by atoms with E-state index < -0.39 is 32.2 Å². The van der Waals surface area contributed by atoms with E-state index in [9.17, 15) is 22.0 Å². The van der Waals surface area contributed by atoms with Crippen molar-refractivity contribution in [1.29, 1.82) is 0 Å². The lowest BCUT2D eigenvalue weighted by Gasteiger charge is -2.37. The van der Waals surface area contributed by atoms with Crippen LogP contribution in [0.5, 0.6) is 0 Å². The summed E-state index contributed by atoms with van der Waals surface area (Å²) in [6.45, 7) is 0. The molecule has 1 aliphatic rings. The van der Waals surface area contributed by atoms with Crippen LogP contribution in [-0.2, 0) is 19.4 Å². The van der Waals surface area contributed by atoms with Crippen LogP contribution < -0.4 is 0 Å². The molecule has 0 saturated carbocycles. The van der Waals surface area contributed by atoms with Crippen molar-refractivity contribution in [3.63, 3.8) is 0 Å². The number of hydrogen-bond donors (Lipinski definition) is 1. The van der Waals surface area contributed by atoms with E-state index in [4.69, 9.17) is 16.7 Å². The molecule has 4 nitrogen and oxygen atoms in total. The number of carbonyl (C=O) groups is 1. The molecule has 0 aliphatic heterocycles. The molecule has 0 saturated heterocycles. The van der Waals surface area contributed by atoms with Crippen molar-refractivity contribution in [1.82, 2.24) is 0 Å². The summed E-state index contributed by atoms with van der Waals surface area (Å²) in [4.78, 5) is 10.8. The molecule has 1 N–H and O–H groups in total. The van der Waals surface area contributed by atoms with Gasteiger partial charge in [0.25, 0.3) is 0 Å². The summed E-state index contributed by atoms with van der Waals surface area (Å²) >= 11 is 5.86. The minimum Gasteiger partial charge on any atom is -0.481 e. The summed E-state index contributed by atoms with van der Waals surface area (Å²) in [5.74, 6) is -2.48. The third-order valence-electron chi connectivity index (χ3n) is 5.29. The van der Waals surface area contributed by atoms with Gasteiger partial charge in [-0.15, -0.1) is 0 Å². The highest BCUT2D eigenvalue weighted by atomic mass is 35.5. The lowest BCUT2D eigenvalue weighted by Crippen LogP contribution is -2.38. The van der Waals surface area contributed by atoms with Crippen molar-refractivity contribution in [2.24, 2.45) is 0 Å². The largest absolute Gasteiger partial charge is 0.481 e. The molecule has 0 spiro atoms. The molecular formula is C21H19ClF2O4S. The van der Waals surface area contributed by atoms with Gasteiger partial charge in [0.15, 0.2) is 9.84 Å². The Hall–Kier alpha value is -2.25. The molecule has 8 heteroatoms. The van der Waals surface area contributed by atoms with Gasteiger partial charge in [-0.3, -0.25) is 4.79 Å². The SMILES string of the molecule is O=C(O)CCC1=CCC(c2cc(F)ccc2F)(S(=O)(=O)c2ccc(Cl)cc2)CC1. The molecule has 1 unspecified atom stereocenters. The van der Waals surface area contributed by atoms with Crippen molar-refractivity contribution >= 4 is 27.4 Å². The van der Waals surface area contributed by atoms with Crippen molar-refractivity contribution in [3.05, 3.63) is 76.3 Å². The average Bonchev–Trinajstić information content (AvgIpc) is 2.69. The Morgan fingerprint density at radius 1 is 1.14 bits per heavy atom. The Morgan fingerprint density at radius 2 is 1.83 bits per heavy atom. The molecule has 0 aromatic heterocycles. The third-order valence-corrected chi connectivity index (χ3v) is 8.05. The Balaban J connectivity index is 2.12. The normalized spacial score (nSPS) is 19.6. The van der Waals surface area contributed by atoms with Gasteiger partial charge in [0, 0.05) is 17.0 Å². The number of hydrogen-bond acceptors (Lipinski definition) is 3. The van der Waals surface area contributed by atoms with Gasteiger partial charge < -0.3 is 5.11 Å². The smallest absolute Gasteiger partial charge is 0.303 e. The maximum Gasteiger partial charge on any atom is 0.303 e. The van der Waals surface area contributed by atoms with Gasteiger partial charge in [0.1, 0.15) is 16.4 Å². The molecule has 2 aromatic rings. The first-order valence-corrected chi connectivity index (χ1v) is 10.9. The van der Waals surface area contributed by atoms with E-state index in [1.165, 1.54) is 24.3 Å². The van der Waals surface area contributed by atoms with Gasteiger partial charge in [-0.1, -0.05) is 23.3 Å². The highest BCUT2D eigenvalue weighted by Crippen LogP contribution is 2.47. The number of benzene rings is 2. The first-order chi connectivity index (χ1) is 13.7. The highest BCUT2D eigenvalue weighted by Gasteiger charge is 2.48. The molecule has 0 amide bonds. The number of rotatable bonds is 6. The van der Waals surface area contributed by atoms with Gasteiger partial charge in [0.05, 0.1) is 4.90 Å². The predicted molar refractivity (Wildman–Crippen MR) is 105 cm³/mol. The topological polar surface area (TPSA) is 71.4 Å². The fourth-order valence-electron chi connectivity index (χ4n) is 3.69. The summed E-state index contributed by atoms with van der Waals surface area (Å²) in [6, 6.07) is 8.35. The van der Waals surface area contributed by atoms with Crippen LogP contribution in [-0.4, -0.2) is 19.5 Å². The molecular weight excluding hydrogens is 422 g/mol. The highest BCUT2D eigenvalue weighted by molar-refractivity contribution is 7.92. The second-order valence-corrected chi connectivity index (χ2v) is 9.73. The zero-order valence-corrected chi connectivity index (χ0v) is 16.9. The molecule has 3 rings (SSSR count). The van der Waals surface area contributed by atoms with Crippen LogP contribution in [0.3, 0.4) is 0 Å². The summed E-state index contributed by atoms with van der Waals surface area (Å²) in [5.41, 5.74) is 0.576. The summed E-state index contributed by atoms with van der Waals surface area (Å²) in [7, 11) is -4.11. The molecule has 0 heterocycles. The van der Waals surface area contributed by atoms with E-state index in [1.54, 1.807) is 6.08 Å². The van der Waals surface area contributed by atoms with E-state index in [0.29, 0.717) is 5.02 Å². The molecule has 154 valence electrons. The van der Waals surface area contributed by atoms with Crippen molar-refractivity contribution in [2.75, 3.05) is 0 Å². The van der Waals surface area contributed by atoms with Crippen LogP contribution in [0, 0.1) is 11.6 Å². The van der Waals surface area contributed by atoms with Crippen LogP contribution in [0.4, 0.5) is 8.78 Å². The Morgan fingerprint density at radius 3 is 2.41 bits per heavy atom. The Labute approximate surface area is 172 Å². The molecule has 0 bridgehead atoms. The second-order valence-electron chi connectivity index (χ2n) is 7.04. The van der Waals surface area contributed by atoms with Crippen LogP contribution in [0.15, 0.2) is 59.0 Å². The van der Waals surface area contributed by atoms with E-state index in [1.807, 2.05) is 0 Å². The van der Waals surface area contributed by atoms with Gasteiger partial charge in [0.2, 0.25) is 0 Å². The van der Waals surface area contributed by atoms with E-state index in [-0.39, 0.29) is 42.6 Å². The number of halogens is 3. The second kappa shape index (κ2) is 8.24. The van der Waals surface area contributed by atoms with E-state index >= 15 is 0 Å². The lowest BCUT2D eigenvalue weighted by atomic mass is 9.82. The van der Waals surface area contributed by atoms with Gasteiger partial charge >= 0.3 is 5.97 Å². The maximum atomic E-state index is 14.7. The predicted octanol–water partition coefficient (Wildman–Crippen LogP) is 5.26. The van der Waals surface area contributed by atoms with Gasteiger partial charge in [-0.25, -0.2) is 17.2 Å². The summed E-state index contributed by atoms with van der Waals surface area (Å²) in [6.07, 6.45) is 2.08. The monoisotopic (exact) mass is 440 g/mol. The zero-order chi connectivity index (χ0) is 21.2. The average molecular weight is 441 g/mol. The van der Waals surface area contributed by atoms with E-state index in [2.05, 4.69) is 0 Å². The van der Waals surface area contributed by atoms with Gasteiger partial charge in [-0.05, 0) is 68.1 Å². The number of sulfone groups is 1. The van der Waals surface area contributed by atoms with Crippen LogP contribution in [0.1, 0.15) is 37.7 Å². The van der Waals surface area contributed by atoms with Gasteiger partial charge in [-0.2, -0.15) is 0 Å². The van der Waals surface area contributed by atoms with Crippen LogP contribution >= 0.6 is 11.6 Å². The molecule has 29 heavy (non-hydrogen) atoms. The van der Waals surface area contributed by atoms with Crippen molar-refractivity contribution in [2.45, 2.75) is 41.7 Å². The molecule has 2 aromatic carbocycles. The Kier molecular flexibility index (Phi) is 6.10. The fraction of sp³-hybridized carbons (Fsp3) is 0.286. The number of aliphatic carboxylic acids is 1.